The van der Waals surface area contributed by atoms with E-state index in [4.69, 9.17) is 4.74 Å². The largest absolute Gasteiger partial charge is 0.444 e. The first-order valence-corrected chi connectivity index (χ1v) is 12.7. The van der Waals surface area contributed by atoms with Crippen LogP contribution in [0.2, 0.25) is 0 Å². The Morgan fingerprint density at radius 2 is 1.94 bits per heavy atom. The van der Waals surface area contributed by atoms with Crippen molar-refractivity contribution in [1.82, 2.24) is 24.2 Å². The van der Waals surface area contributed by atoms with E-state index in [2.05, 4.69) is 20.6 Å². The second kappa shape index (κ2) is 9.64. The predicted molar refractivity (Wildman–Crippen MR) is 126 cm³/mol. The van der Waals surface area contributed by atoms with Crippen molar-refractivity contribution in [2.45, 2.75) is 64.8 Å². The van der Waals surface area contributed by atoms with Crippen LogP contribution in [0.25, 0.3) is 11.0 Å². The molecule has 2 aromatic rings. The van der Waals surface area contributed by atoms with Gasteiger partial charge in [-0.3, -0.25) is 9.36 Å². The Hall–Kier alpha value is -2.73. The molecule has 33 heavy (non-hydrogen) atoms. The minimum absolute atomic E-state index is 0.0251. The summed E-state index contributed by atoms with van der Waals surface area (Å²) in [4.78, 5) is 33.6. The third kappa shape index (κ3) is 6.87. The van der Waals surface area contributed by atoms with Crippen LogP contribution in [0.1, 0.15) is 40.5 Å². The lowest BCUT2D eigenvalue weighted by Crippen LogP contribution is -2.42. The number of rotatable bonds is 6. The van der Waals surface area contributed by atoms with E-state index in [9.17, 15) is 18.0 Å². The molecule has 0 aromatic carbocycles. The highest BCUT2D eigenvalue weighted by atomic mass is 32.2. The summed E-state index contributed by atoms with van der Waals surface area (Å²) < 4.78 is 31.6. The van der Waals surface area contributed by atoms with E-state index in [0.29, 0.717) is 42.9 Å². The van der Waals surface area contributed by atoms with Gasteiger partial charge in [0.25, 0.3) is 5.56 Å². The van der Waals surface area contributed by atoms with Gasteiger partial charge in [-0.25, -0.2) is 22.5 Å². The van der Waals surface area contributed by atoms with Gasteiger partial charge in [0.2, 0.25) is 16.0 Å². The van der Waals surface area contributed by atoms with Gasteiger partial charge in [0.05, 0.1) is 6.26 Å². The molecule has 0 aliphatic carbocycles. The highest BCUT2D eigenvalue weighted by Crippen LogP contribution is 2.18. The molecule has 0 bridgehead atoms. The van der Waals surface area contributed by atoms with E-state index in [1.807, 2.05) is 0 Å². The van der Waals surface area contributed by atoms with Crippen molar-refractivity contribution >= 4 is 33.1 Å². The number of anilines is 1. The molecule has 11 nitrogen and oxygen atoms in total. The maximum absolute atomic E-state index is 12.6. The van der Waals surface area contributed by atoms with Gasteiger partial charge >= 0.3 is 6.09 Å². The van der Waals surface area contributed by atoms with Gasteiger partial charge in [-0.05, 0) is 46.6 Å². The van der Waals surface area contributed by atoms with Crippen LogP contribution in [0.3, 0.4) is 0 Å². The third-order valence-electron chi connectivity index (χ3n) is 5.20. The van der Waals surface area contributed by atoms with E-state index in [1.54, 1.807) is 40.0 Å². The summed E-state index contributed by atoms with van der Waals surface area (Å²) in [6.45, 7) is 8.20. The van der Waals surface area contributed by atoms with E-state index < -0.39 is 21.7 Å². The molecular weight excluding hydrogens is 448 g/mol. The number of hydrogen-bond acceptors (Lipinski definition) is 8. The summed E-state index contributed by atoms with van der Waals surface area (Å²) in [6.07, 6.45) is 3.56. The SMILES string of the molecule is C[C@H](Cn1c(=O)ccc2cnc(NC3CCN(S(C)(=O)=O)CC3)nc21)NC(=O)OC(C)(C)C. The van der Waals surface area contributed by atoms with Crippen molar-refractivity contribution in [1.29, 1.82) is 0 Å². The van der Waals surface area contributed by atoms with Gasteiger partial charge in [-0.1, -0.05) is 0 Å². The Morgan fingerprint density at radius 3 is 2.55 bits per heavy atom. The topological polar surface area (TPSA) is 136 Å². The second-order valence-corrected chi connectivity index (χ2v) is 11.4. The molecule has 0 unspecified atom stereocenters. The number of piperidine rings is 1. The van der Waals surface area contributed by atoms with Gasteiger partial charge in [-0.15, -0.1) is 0 Å². The maximum Gasteiger partial charge on any atom is 0.407 e. The van der Waals surface area contributed by atoms with Crippen LogP contribution in [0.15, 0.2) is 23.1 Å². The molecule has 1 saturated heterocycles. The standard InChI is InChI=1S/C21H32N6O5S/c1-14(23-20(29)32-21(2,3)4)13-27-17(28)7-6-15-12-22-19(25-18(15)27)24-16-8-10-26(11-9-16)33(5,30)31/h6-7,12,14,16H,8-11,13H2,1-5H3,(H,23,29)(H,22,24,25)/t14-/m1/s1. The summed E-state index contributed by atoms with van der Waals surface area (Å²) in [7, 11) is -3.19. The zero-order valence-corrected chi connectivity index (χ0v) is 20.5. The number of carbonyl (C=O) groups excluding carboxylic acids is 1. The smallest absolute Gasteiger partial charge is 0.407 e. The van der Waals surface area contributed by atoms with Crippen molar-refractivity contribution in [3.8, 4) is 0 Å². The van der Waals surface area contributed by atoms with Crippen LogP contribution < -0.4 is 16.2 Å². The summed E-state index contributed by atoms with van der Waals surface area (Å²) in [5.74, 6) is 0.368. The lowest BCUT2D eigenvalue weighted by Gasteiger charge is -2.30. The van der Waals surface area contributed by atoms with Crippen molar-refractivity contribution in [3.63, 3.8) is 0 Å². The molecule has 0 spiro atoms. The van der Waals surface area contributed by atoms with Gasteiger partial charge in [-0.2, -0.15) is 4.98 Å². The Kier molecular flexibility index (Phi) is 7.27. The van der Waals surface area contributed by atoms with E-state index in [1.165, 1.54) is 21.2 Å². The van der Waals surface area contributed by atoms with Gasteiger partial charge in [0, 0.05) is 49.4 Å². The molecule has 2 aromatic heterocycles. The minimum atomic E-state index is -3.19. The van der Waals surface area contributed by atoms with Crippen LogP contribution >= 0.6 is 0 Å². The second-order valence-electron chi connectivity index (χ2n) is 9.38. The molecular formula is C21H32N6O5S. The predicted octanol–water partition coefficient (Wildman–Crippen LogP) is 1.54. The van der Waals surface area contributed by atoms with Crippen molar-refractivity contribution in [2.24, 2.45) is 0 Å². The maximum atomic E-state index is 12.6. The number of sulfonamides is 1. The Labute approximate surface area is 193 Å². The van der Waals surface area contributed by atoms with Gasteiger partial charge in [0.15, 0.2) is 0 Å². The number of hydrogen-bond donors (Lipinski definition) is 2. The summed E-state index contributed by atoms with van der Waals surface area (Å²) in [6, 6.07) is 2.75. The molecule has 1 aliphatic heterocycles. The normalized spacial score (nSPS) is 17.0. The zero-order chi connectivity index (χ0) is 24.4. The van der Waals surface area contributed by atoms with E-state index in [-0.39, 0.29) is 24.2 Å². The van der Waals surface area contributed by atoms with E-state index >= 15 is 0 Å². The van der Waals surface area contributed by atoms with Crippen LogP contribution in [-0.2, 0) is 21.3 Å². The molecule has 12 heteroatoms. The average Bonchev–Trinajstić information content (AvgIpc) is 2.68. The van der Waals surface area contributed by atoms with Crippen molar-refractivity contribution < 1.29 is 17.9 Å². The molecule has 2 N–H and O–H groups in total. The number of ether oxygens (including phenoxy) is 1. The highest BCUT2D eigenvalue weighted by Gasteiger charge is 2.25. The zero-order valence-electron chi connectivity index (χ0n) is 19.7. The third-order valence-corrected chi connectivity index (χ3v) is 6.50. The summed E-state index contributed by atoms with van der Waals surface area (Å²) in [5, 5.41) is 6.69. The monoisotopic (exact) mass is 480 g/mol. The number of aromatic nitrogens is 3. The molecule has 182 valence electrons. The fourth-order valence-electron chi connectivity index (χ4n) is 3.66. The number of nitrogens with one attached hydrogen (secondary N) is 2. The summed E-state index contributed by atoms with van der Waals surface area (Å²) in [5.41, 5.74) is -0.413. The number of fused-ring (bicyclic) bond motifs is 1. The lowest BCUT2D eigenvalue weighted by atomic mass is 10.1. The number of alkyl carbamates (subject to hydrolysis) is 1. The first-order valence-electron chi connectivity index (χ1n) is 10.9. The molecule has 1 amide bonds. The van der Waals surface area contributed by atoms with Gasteiger partial charge in [0.1, 0.15) is 11.2 Å². The number of pyridine rings is 1. The molecule has 3 rings (SSSR count). The van der Waals surface area contributed by atoms with Crippen LogP contribution in [0, 0.1) is 0 Å². The van der Waals surface area contributed by atoms with E-state index in [0.717, 1.165) is 0 Å². The molecule has 1 fully saturated rings. The first kappa shape index (κ1) is 24.9. The molecule has 1 aliphatic rings. The van der Waals surface area contributed by atoms with Gasteiger partial charge < -0.3 is 15.4 Å². The number of carbonyl (C=O) groups is 1. The Bertz CT molecular complexity index is 1170. The Morgan fingerprint density at radius 1 is 1.27 bits per heavy atom. The lowest BCUT2D eigenvalue weighted by molar-refractivity contribution is 0.0504. The average molecular weight is 481 g/mol. The summed E-state index contributed by atoms with van der Waals surface area (Å²) >= 11 is 0. The Balaban J connectivity index is 1.74. The molecule has 0 saturated carbocycles. The first-order chi connectivity index (χ1) is 15.3. The number of nitrogens with zero attached hydrogens (tertiary/aromatic N) is 4. The molecule has 3 heterocycles. The minimum Gasteiger partial charge on any atom is -0.444 e. The molecule has 1 atom stereocenters. The van der Waals surface area contributed by atoms with Crippen molar-refractivity contribution in [3.05, 3.63) is 28.7 Å². The fraction of sp³-hybridized carbons (Fsp3) is 0.619. The van der Waals surface area contributed by atoms with Crippen LogP contribution in [0.5, 0.6) is 0 Å². The quantitative estimate of drug-likeness (QED) is 0.636. The van der Waals surface area contributed by atoms with Crippen LogP contribution in [0.4, 0.5) is 10.7 Å². The van der Waals surface area contributed by atoms with Crippen molar-refractivity contribution in [2.75, 3.05) is 24.7 Å². The molecule has 0 radical (unpaired) electrons. The fourth-order valence-corrected chi connectivity index (χ4v) is 4.53. The highest BCUT2D eigenvalue weighted by molar-refractivity contribution is 7.88. The van der Waals surface area contributed by atoms with Crippen LogP contribution in [-0.4, -0.2) is 70.4 Å². The number of amides is 1.